The Balaban J connectivity index is 1.64. The lowest BCUT2D eigenvalue weighted by Crippen LogP contribution is -2.35. The lowest BCUT2D eigenvalue weighted by Gasteiger charge is -2.23. The highest BCUT2D eigenvalue weighted by Gasteiger charge is 2.27. The van der Waals surface area contributed by atoms with Gasteiger partial charge < -0.3 is 5.32 Å². The van der Waals surface area contributed by atoms with Crippen molar-refractivity contribution < 1.29 is 4.79 Å². The molecular formula is C16H22N2O. The van der Waals surface area contributed by atoms with Crippen molar-refractivity contribution in [3.8, 4) is 0 Å². The Labute approximate surface area is 114 Å². The summed E-state index contributed by atoms with van der Waals surface area (Å²) in [7, 11) is 0. The maximum atomic E-state index is 12.4. The third-order valence-corrected chi connectivity index (χ3v) is 4.50. The summed E-state index contributed by atoms with van der Waals surface area (Å²) in [5.41, 5.74) is 2.31. The fourth-order valence-electron chi connectivity index (χ4n) is 3.42. The summed E-state index contributed by atoms with van der Waals surface area (Å²) >= 11 is 0. The van der Waals surface area contributed by atoms with E-state index >= 15 is 0 Å². The van der Waals surface area contributed by atoms with Gasteiger partial charge in [-0.3, -0.25) is 9.78 Å². The van der Waals surface area contributed by atoms with Gasteiger partial charge in [0.1, 0.15) is 0 Å². The van der Waals surface area contributed by atoms with Gasteiger partial charge in [0.2, 0.25) is 0 Å². The summed E-state index contributed by atoms with van der Waals surface area (Å²) in [6.07, 6.45) is 10.0. The number of aryl methyl sites for hydroxylation is 1. The summed E-state index contributed by atoms with van der Waals surface area (Å²) in [4.78, 5) is 16.9. The van der Waals surface area contributed by atoms with Crippen LogP contribution in [0.2, 0.25) is 0 Å². The molecule has 1 fully saturated rings. The van der Waals surface area contributed by atoms with E-state index in [1.807, 2.05) is 12.3 Å². The number of carbonyl (C=O) groups is 1. The average molecular weight is 258 g/mol. The van der Waals surface area contributed by atoms with Gasteiger partial charge in [-0.1, -0.05) is 18.9 Å². The summed E-state index contributed by atoms with van der Waals surface area (Å²) < 4.78 is 0. The second-order valence-electron chi connectivity index (χ2n) is 5.82. The lowest BCUT2D eigenvalue weighted by atomic mass is 9.84. The van der Waals surface area contributed by atoms with Crippen molar-refractivity contribution in [1.82, 2.24) is 10.3 Å². The number of nitrogens with one attached hydrogen (secondary N) is 1. The van der Waals surface area contributed by atoms with Crippen LogP contribution in [0.3, 0.4) is 0 Å². The number of aromatic nitrogens is 1. The van der Waals surface area contributed by atoms with Crippen molar-refractivity contribution in [2.75, 3.05) is 6.54 Å². The van der Waals surface area contributed by atoms with Crippen LogP contribution in [0.5, 0.6) is 0 Å². The molecule has 1 aromatic rings. The third kappa shape index (κ3) is 2.86. The molecule has 0 spiro atoms. The first-order valence-electron chi connectivity index (χ1n) is 7.54. The van der Waals surface area contributed by atoms with Gasteiger partial charge in [0.15, 0.2) is 5.78 Å². The minimum Gasteiger partial charge on any atom is -0.307 e. The van der Waals surface area contributed by atoms with Crippen LogP contribution in [-0.4, -0.2) is 23.4 Å². The van der Waals surface area contributed by atoms with Crippen molar-refractivity contribution >= 4 is 5.78 Å². The van der Waals surface area contributed by atoms with Gasteiger partial charge in [0.05, 0.1) is 18.2 Å². The number of fused-ring (bicyclic) bond motifs is 1. The predicted octanol–water partition coefficient (Wildman–Crippen LogP) is 2.60. The van der Waals surface area contributed by atoms with Crippen LogP contribution in [0.4, 0.5) is 0 Å². The van der Waals surface area contributed by atoms with Crippen LogP contribution in [0.15, 0.2) is 18.3 Å². The fraction of sp³-hybridized carbons (Fsp3) is 0.625. The molecule has 2 aliphatic rings. The van der Waals surface area contributed by atoms with Crippen LogP contribution in [0.1, 0.15) is 55.7 Å². The van der Waals surface area contributed by atoms with E-state index in [9.17, 15) is 4.79 Å². The second kappa shape index (κ2) is 5.83. The molecular weight excluding hydrogens is 236 g/mol. The van der Waals surface area contributed by atoms with E-state index in [1.165, 1.54) is 31.2 Å². The molecule has 0 saturated heterocycles. The zero-order valence-corrected chi connectivity index (χ0v) is 11.4. The highest BCUT2D eigenvalue weighted by Crippen LogP contribution is 2.30. The van der Waals surface area contributed by atoms with E-state index < -0.39 is 0 Å². The van der Waals surface area contributed by atoms with Gasteiger partial charge in [-0.2, -0.15) is 0 Å². The summed E-state index contributed by atoms with van der Waals surface area (Å²) in [5.74, 6) is 0.352. The van der Waals surface area contributed by atoms with E-state index in [1.54, 1.807) is 0 Å². The minimum absolute atomic E-state index is 0.0267. The Morgan fingerprint density at radius 2 is 2.11 bits per heavy atom. The van der Waals surface area contributed by atoms with Crippen molar-refractivity contribution in [3.05, 3.63) is 29.6 Å². The molecule has 3 heteroatoms. The molecule has 0 aromatic carbocycles. The van der Waals surface area contributed by atoms with E-state index in [-0.39, 0.29) is 5.92 Å². The Morgan fingerprint density at radius 1 is 1.26 bits per heavy atom. The number of nitrogens with zero attached hydrogens (tertiary/aromatic N) is 1. The molecule has 0 aliphatic heterocycles. The predicted molar refractivity (Wildman–Crippen MR) is 75.2 cm³/mol. The van der Waals surface area contributed by atoms with E-state index in [0.29, 0.717) is 18.4 Å². The highest BCUT2D eigenvalue weighted by molar-refractivity contribution is 5.87. The molecule has 1 atom stereocenters. The molecule has 0 amide bonds. The van der Waals surface area contributed by atoms with Crippen molar-refractivity contribution in [3.63, 3.8) is 0 Å². The largest absolute Gasteiger partial charge is 0.307 e. The minimum atomic E-state index is 0.0267. The maximum Gasteiger partial charge on any atom is 0.155 e. The number of ketones is 1. The Kier molecular flexibility index (Phi) is 3.92. The number of Topliss-reactive ketones (excluding diaryl/α,β-unsaturated/α-hetero) is 1. The molecule has 19 heavy (non-hydrogen) atoms. The number of rotatable bonds is 4. The molecule has 1 aromatic heterocycles. The zero-order chi connectivity index (χ0) is 13.1. The summed E-state index contributed by atoms with van der Waals surface area (Å²) in [6, 6.07) is 4.66. The number of pyridine rings is 1. The van der Waals surface area contributed by atoms with Gasteiger partial charge in [-0.05, 0) is 43.7 Å². The fourth-order valence-corrected chi connectivity index (χ4v) is 3.42. The van der Waals surface area contributed by atoms with E-state index in [2.05, 4.69) is 16.4 Å². The summed E-state index contributed by atoms with van der Waals surface area (Å²) in [5, 5.41) is 3.43. The molecule has 1 unspecified atom stereocenters. The SMILES string of the molecule is O=C(CNC1CCCC1)C1CCCc2cccnc21. The van der Waals surface area contributed by atoms with Crippen LogP contribution in [0.25, 0.3) is 0 Å². The van der Waals surface area contributed by atoms with Crippen molar-refractivity contribution in [1.29, 1.82) is 0 Å². The topological polar surface area (TPSA) is 42.0 Å². The van der Waals surface area contributed by atoms with Crippen LogP contribution in [0, 0.1) is 0 Å². The molecule has 1 saturated carbocycles. The van der Waals surface area contributed by atoms with E-state index in [0.717, 1.165) is 25.0 Å². The Bertz CT molecular complexity index is 452. The number of hydrogen-bond acceptors (Lipinski definition) is 3. The van der Waals surface area contributed by atoms with Crippen molar-refractivity contribution in [2.45, 2.75) is 56.9 Å². The molecule has 3 rings (SSSR count). The van der Waals surface area contributed by atoms with Crippen LogP contribution in [-0.2, 0) is 11.2 Å². The summed E-state index contributed by atoms with van der Waals surface area (Å²) in [6.45, 7) is 0.519. The maximum absolute atomic E-state index is 12.4. The molecule has 0 radical (unpaired) electrons. The van der Waals surface area contributed by atoms with Gasteiger partial charge in [0, 0.05) is 12.2 Å². The standard InChI is InChI=1S/C16H22N2O/c19-15(11-18-13-7-1-2-8-13)14-9-3-5-12-6-4-10-17-16(12)14/h4,6,10,13-14,18H,1-3,5,7-9,11H2. The van der Waals surface area contributed by atoms with E-state index in [4.69, 9.17) is 0 Å². The van der Waals surface area contributed by atoms with Gasteiger partial charge in [-0.15, -0.1) is 0 Å². The quantitative estimate of drug-likeness (QED) is 0.902. The van der Waals surface area contributed by atoms with Gasteiger partial charge >= 0.3 is 0 Å². The first kappa shape index (κ1) is 12.8. The normalized spacial score (nSPS) is 23.3. The lowest BCUT2D eigenvalue weighted by molar-refractivity contribution is -0.120. The smallest absolute Gasteiger partial charge is 0.155 e. The number of hydrogen-bond donors (Lipinski definition) is 1. The van der Waals surface area contributed by atoms with Gasteiger partial charge in [-0.25, -0.2) is 0 Å². The molecule has 1 N–H and O–H groups in total. The first-order valence-corrected chi connectivity index (χ1v) is 7.54. The van der Waals surface area contributed by atoms with Gasteiger partial charge in [0.25, 0.3) is 0 Å². The third-order valence-electron chi connectivity index (χ3n) is 4.50. The Morgan fingerprint density at radius 3 is 2.95 bits per heavy atom. The molecule has 102 valence electrons. The number of carbonyl (C=O) groups excluding carboxylic acids is 1. The molecule has 2 aliphatic carbocycles. The van der Waals surface area contributed by atoms with Crippen LogP contribution >= 0.6 is 0 Å². The second-order valence-corrected chi connectivity index (χ2v) is 5.82. The monoisotopic (exact) mass is 258 g/mol. The zero-order valence-electron chi connectivity index (χ0n) is 11.4. The molecule has 1 heterocycles. The first-order chi connectivity index (χ1) is 9.34. The Hall–Kier alpha value is -1.22. The molecule has 0 bridgehead atoms. The van der Waals surface area contributed by atoms with Crippen LogP contribution < -0.4 is 5.32 Å². The van der Waals surface area contributed by atoms with Crippen molar-refractivity contribution in [2.24, 2.45) is 0 Å². The molecule has 3 nitrogen and oxygen atoms in total. The average Bonchev–Trinajstić information content (AvgIpc) is 2.97. The highest BCUT2D eigenvalue weighted by atomic mass is 16.1.